The van der Waals surface area contributed by atoms with Gasteiger partial charge in [0.15, 0.2) is 0 Å². The molecule has 0 saturated heterocycles. The lowest BCUT2D eigenvalue weighted by Gasteiger charge is -2.18. The van der Waals surface area contributed by atoms with E-state index in [1.807, 2.05) is 12.1 Å². The molecule has 1 aromatic carbocycles. The predicted molar refractivity (Wildman–Crippen MR) is 61.5 cm³/mol. The highest BCUT2D eigenvalue weighted by molar-refractivity contribution is 8.00. The van der Waals surface area contributed by atoms with Gasteiger partial charge in [0.05, 0.1) is 0 Å². The number of halogens is 1. The molecule has 0 aliphatic carbocycles. The maximum atomic E-state index is 5.82. The molecule has 72 valence electrons. The molecular formula is C10H14ClNS. The first-order valence-corrected chi connectivity index (χ1v) is 5.32. The summed E-state index contributed by atoms with van der Waals surface area (Å²) >= 11 is 7.55. The SMILES string of the molecule is CC(C)(C)Sc1ccc(Cl)cc1N. The van der Waals surface area contributed by atoms with Crippen LogP contribution >= 0.6 is 23.4 Å². The Morgan fingerprint density at radius 1 is 1.31 bits per heavy atom. The quantitative estimate of drug-likeness (QED) is 0.570. The molecule has 1 rings (SSSR count). The summed E-state index contributed by atoms with van der Waals surface area (Å²) in [5, 5.41) is 0.691. The molecule has 13 heavy (non-hydrogen) atoms. The molecule has 1 aromatic rings. The average molecular weight is 216 g/mol. The van der Waals surface area contributed by atoms with Gasteiger partial charge in [0.2, 0.25) is 0 Å². The number of rotatable bonds is 1. The third-order valence-corrected chi connectivity index (χ3v) is 2.83. The van der Waals surface area contributed by atoms with Crippen LogP contribution in [-0.2, 0) is 0 Å². The molecule has 0 bridgehead atoms. The van der Waals surface area contributed by atoms with Crippen molar-refractivity contribution in [2.24, 2.45) is 0 Å². The fourth-order valence-electron chi connectivity index (χ4n) is 0.942. The summed E-state index contributed by atoms with van der Waals surface area (Å²) in [5.74, 6) is 0. The van der Waals surface area contributed by atoms with Crippen LogP contribution in [0.25, 0.3) is 0 Å². The van der Waals surface area contributed by atoms with E-state index in [2.05, 4.69) is 20.8 Å². The van der Waals surface area contributed by atoms with E-state index in [9.17, 15) is 0 Å². The van der Waals surface area contributed by atoms with E-state index < -0.39 is 0 Å². The smallest absolute Gasteiger partial charge is 0.0467 e. The van der Waals surface area contributed by atoms with Crippen LogP contribution in [0.5, 0.6) is 0 Å². The third-order valence-electron chi connectivity index (χ3n) is 1.39. The molecule has 0 fully saturated rings. The van der Waals surface area contributed by atoms with E-state index in [1.165, 1.54) is 0 Å². The molecule has 0 heterocycles. The highest BCUT2D eigenvalue weighted by atomic mass is 35.5. The summed E-state index contributed by atoms with van der Waals surface area (Å²) in [4.78, 5) is 1.09. The summed E-state index contributed by atoms with van der Waals surface area (Å²) in [5.41, 5.74) is 6.58. The molecule has 0 spiro atoms. The minimum atomic E-state index is 0.182. The van der Waals surface area contributed by atoms with Crippen molar-refractivity contribution in [2.45, 2.75) is 30.4 Å². The maximum absolute atomic E-state index is 5.82. The summed E-state index contributed by atoms with van der Waals surface area (Å²) in [6, 6.07) is 5.62. The second-order valence-electron chi connectivity index (χ2n) is 3.90. The predicted octanol–water partition coefficient (Wildman–Crippen LogP) is 3.81. The minimum Gasteiger partial charge on any atom is -0.398 e. The van der Waals surface area contributed by atoms with Crippen LogP contribution in [0.1, 0.15) is 20.8 Å². The number of thioether (sulfide) groups is 1. The van der Waals surface area contributed by atoms with Crippen molar-refractivity contribution in [2.75, 3.05) is 5.73 Å². The van der Waals surface area contributed by atoms with Crippen molar-refractivity contribution in [1.82, 2.24) is 0 Å². The molecule has 3 heteroatoms. The topological polar surface area (TPSA) is 26.0 Å². The van der Waals surface area contributed by atoms with Gasteiger partial charge in [0.1, 0.15) is 0 Å². The maximum Gasteiger partial charge on any atom is 0.0467 e. The first-order valence-electron chi connectivity index (χ1n) is 4.12. The largest absolute Gasteiger partial charge is 0.398 e. The number of nitrogen functional groups attached to an aromatic ring is 1. The van der Waals surface area contributed by atoms with Gasteiger partial charge in [-0.3, -0.25) is 0 Å². The number of benzene rings is 1. The normalized spacial score (nSPS) is 11.7. The van der Waals surface area contributed by atoms with Crippen molar-refractivity contribution >= 4 is 29.1 Å². The fourth-order valence-corrected chi connectivity index (χ4v) is 2.10. The second kappa shape index (κ2) is 3.81. The third kappa shape index (κ3) is 3.49. The Balaban J connectivity index is 2.90. The van der Waals surface area contributed by atoms with Crippen molar-refractivity contribution in [3.8, 4) is 0 Å². The summed E-state index contributed by atoms with van der Waals surface area (Å²) in [6.45, 7) is 6.48. The van der Waals surface area contributed by atoms with Crippen LogP contribution in [-0.4, -0.2) is 4.75 Å². The van der Waals surface area contributed by atoms with Crippen molar-refractivity contribution in [3.05, 3.63) is 23.2 Å². The number of nitrogens with two attached hydrogens (primary N) is 1. The minimum absolute atomic E-state index is 0.182. The standard InChI is InChI=1S/C10H14ClNS/c1-10(2,3)13-9-5-4-7(11)6-8(9)12/h4-6H,12H2,1-3H3. The zero-order valence-electron chi connectivity index (χ0n) is 8.10. The lowest BCUT2D eigenvalue weighted by Crippen LogP contribution is -2.07. The van der Waals surface area contributed by atoms with Gasteiger partial charge in [-0.2, -0.15) is 0 Å². The Bertz CT molecular complexity index is 304. The van der Waals surface area contributed by atoms with Gasteiger partial charge in [-0.25, -0.2) is 0 Å². The Hall–Kier alpha value is -0.340. The van der Waals surface area contributed by atoms with Gasteiger partial charge in [-0.15, -0.1) is 11.8 Å². The molecule has 0 aliphatic heterocycles. The Kier molecular flexibility index (Phi) is 3.14. The first kappa shape index (κ1) is 10.7. The van der Waals surface area contributed by atoms with E-state index in [0.717, 1.165) is 10.6 Å². The molecular weight excluding hydrogens is 202 g/mol. The second-order valence-corrected chi connectivity index (χ2v) is 6.20. The molecule has 0 unspecified atom stereocenters. The molecule has 0 saturated carbocycles. The molecule has 0 aromatic heterocycles. The van der Waals surface area contributed by atoms with Crippen LogP contribution < -0.4 is 5.73 Å². The average Bonchev–Trinajstić information content (AvgIpc) is 1.93. The van der Waals surface area contributed by atoms with Crippen LogP contribution in [0.4, 0.5) is 5.69 Å². The van der Waals surface area contributed by atoms with Gasteiger partial charge in [-0.1, -0.05) is 32.4 Å². The number of hydrogen-bond acceptors (Lipinski definition) is 2. The molecule has 1 nitrogen and oxygen atoms in total. The Labute approximate surface area is 88.7 Å². The molecule has 0 amide bonds. The van der Waals surface area contributed by atoms with Gasteiger partial charge in [0.25, 0.3) is 0 Å². The summed E-state index contributed by atoms with van der Waals surface area (Å²) in [7, 11) is 0. The van der Waals surface area contributed by atoms with Crippen LogP contribution in [0, 0.1) is 0 Å². The van der Waals surface area contributed by atoms with Gasteiger partial charge >= 0.3 is 0 Å². The van der Waals surface area contributed by atoms with E-state index >= 15 is 0 Å². The van der Waals surface area contributed by atoms with Crippen molar-refractivity contribution in [3.63, 3.8) is 0 Å². The lowest BCUT2D eigenvalue weighted by atomic mass is 10.3. The monoisotopic (exact) mass is 215 g/mol. The molecule has 2 N–H and O–H groups in total. The van der Waals surface area contributed by atoms with Crippen LogP contribution in [0.3, 0.4) is 0 Å². The zero-order valence-corrected chi connectivity index (χ0v) is 9.67. The fraction of sp³-hybridized carbons (Fsp3) is 0.400. The number of hydrogen-bond donors (Lipinski definition) is 1. The molecule has 0 radical (unpaired) electrons. The Morgan fingerprint density at radius 3 is 2.38 bits per heavy atom. The molecule has 0 aliphatic rings. The van der Waals surface area contributed by atoms with Gasteiger partial charge in [-0.05, 0) is 18.2 Å². The van der Waals surface area contributed by atoms with E-state index in [0.29, 0.717) is 5.02 Å². The van der Waals surface area contributed by atoms with Crippen LogP contribution in [0.2, 0.25) is 5.02 Å². The van der Waals surface area contributed by atoms with Gasteiger partial charge in [0, 0.05) is 20.4 Å². The van der Waals surface area contributed by atoms with E-state index in [4.69, 9.17) is 17.3 Å². The van der Waals surface area contributed by atoms with Crippen molar-refractivity contribution < 1.29 is 0 Å². The van der Waals surface area contributed by atoms with Crippen molar-refractivity contribution in [1.29, 1.82) is 0 Å². The summed E-state index contributed by atoms with van der Waals surface area (Å²) in [6.07, 6.45) is 0. The summed E-state index contributed by atoms with van der Waals surface area (Å²) < 4.78 is 0.182. The first-order chi connectivity index (χ1) is 5.88. The van der Waals surface area contributed by atoms with E-state index in [1.54, 1.807) is 17.8 Å². The highest BCUT2D eigenvalue weighted by Crippen LogP contribution is 2.36. The Morgan fingerprint density at radius 2 is 1.92 bits per heavy atom. The zero-order chi connectivity index (χ0) is 10.1. The number of anilines is 1. The van der Waals surface area contributed by atoms with Gasteiger partial charge < -0.3 is 5.73 Å². The lowest BCUT2D eigenvalue weighted by molar-refractivity contribution is 0.803. The van der Waals surface area contributed by atoms with Crippen LogP contribution in [0.15, 0.2) is 23.1 Å². The molecule has 0 atom stereocenters. The van der Waals surface area contributed by atoms with E-state index in [-0.39, 0.29) is 4.75 Å². The highest BCUT2D eigenvalue weighted by Gasteiger charge is 2.13.